The summed E-state index contributed by atoms with van der Waals surface area (Å²) in [6.45, 7) is 0.898. The van der Waals surface area contributed by atoms with Crippen molar-refractivity contribution in [2.75, 3.05) is 18.5 Å². The van der Waals surface area contributed by atoms with Gasteiger partial charge >= 0.3 is 6.09 Å². The van der Waals surface area contributed by atoms with E-state index in [2.05, 4.69) is 21.2 Å². The van der Waals surface area contributed by atoms with Crippen LogP contribution in [0, 0.1) is 5.82 Å². The molecule has 2 N–H and O–H groups in total. The van der Waals surface area contributed by atoms with Crippen molar-refractivity contribution < 1.29 is 28.5 Å². The van der Waals surface area contributed by atoms with Crippen LogP contribution in [-0.2, 0) is 16.1 Å². The Morgan fingerprint density at radius 3 is 2.80 bits per heavy atom. The van der Waals surface area contributed by atoms with Gasteiger partial charge in [0.15, 0.2) is 17.9 Å². The summed E-state index contributed by atoms with van der Waals surface area (Å²) in [5.41, 5.74) is 1.37. The van der Waals surface area contributed by atoms with E-state index in [0.717, 1.165) is 0 Å². The number of rotatable bonds is 5. The van der Waals surface area contributed by atoms with Crippen LogP contribution in [0.2, 0.25) is 0 Å². The van der Waals surface area contributed by atoms with E-state index in [1.54, 1.807) is 30.3 Å². The molecule has 0 unspecified atom stereocenters. The third-order valence-corrected chi connectivity index (χ3v) is 4.21. The highest BCUT2D eigenvalue weighted by Crippen LogP contribution is 2.36. The minimum atomic E-state index is -1.15. The van der Waals surface area contributed by atoms with Gasteiger partial charge in [-0.2, -0.15) is 0 Å². The summed E-state index contributed by atoms with van der Waals surface area (Å²) in [5.74, 6) is -0.491. The molecule has 1 aliphatic heterocycles. The number of ether oxygens (including phenoxy) is 3. The summed E-state index contributed by atoms with van der Waals surface area (Å²) in [4.78, 5) is 10.7. The van der Waals surface area contributed by atoms with Gasteiger partial charge in [-0.1, -0.05) is 28.1 Å². The lowest BCUT2D eigenvalue weighted by molar-refractivity contribution is -0.0473. The van der Waals surface area contributed by atoms with E-state index in [4.69, 9.17) is 19.3 Å². The molecule has 0 radical (unpaired) electrons. The van der Waals surface area contributed by atoms with Crippen molar-refractivity contribution in [1.82, 2.24) is 0 Å². The standard InChI is InChI=1S/C17H15BrFNO5/c18-12-4-5-13(15(19)14(12)16-23-6-7-24-16)25-9-10-2-1-3-11(8-10)20-17(21)22/h1-5,8,16,20H,6-7,9H2,(H,21,22). The smallest absolute Gasteiger partial charge is 0.409 e. The van der Waals surface area contributed by atoms with Gasteiger partial charge in [-0.3, -0.25) is 5.32 Å². The first-order valence-electron chi connectivity index (χ1n) is 7.47. The number of halogens is 2. The Hall–Kier alpha value is -2.16. The summed E-state index contributed by atoms with van der Waals surface area (Å²) < 4.78 is 31.5. The lowest BCUT2D eigenvalue weighted by Gasteiger charge is -2.16. The molecule has 0 spiro atoms. The van der Waals surface area contributed by atoms with Crippen LogP contribution < -0.4 is 10.1 Å². The van der Waals surface area contributed by atoms with Crippen molar-refractivity contribution in [3.63, 3.8) is 0 Å². The highest BCUT2D eigenvalue weighted by atomic mass is 79.9. The fourth-order valence-electron chi connectivity index (χ4n) is 2.43. The van der Waals surface area contributed by atoms with E-state index >= 15 is 0 Å². The van der Waals surface area contributed by atoms with Gasteiger partial charge in [0.05, 0.1) is 18.8 Å². The first-order chi connectivity index (χ1) is 12.0. The van der Waals surface area contributed by atoms with Crippen molar-refractivity contribution in [3.8, 4) is 5.75 Å². The molecule has 1 fully saturated rings. The number of carbonyl (C=O) groups is 1. The molecular weight excluding hydrogens is 397 g/mol. The van der Waals surface area contributed by atoms with Crippen LogP contribution in [0.15, 0.2) is 40.9 Å². The molecule has 1 heterocycles. The fourth-order valence-corrected chi connectivity index (χ4v) is 2.92. The van der Waals surface area contributed by atoms with E-state index in [-0.39, 0.29) is 17.9 Å². The molecule has 0 aliphatic carbocycles. The molecule has 6 nitrogen and oxygen atoms in total. The van der Waals surface area contributed by atoms with Gasteiger partial charge in [-0.15, -0.1) is 0 Å². The second-order valence-corrected chi connectivity index (χ2v) is 6.12. The van der Waals surface area contributed by atoms with Crippen LogP contribution in [0.3, 0.4) is 0 Å². The Bertz CT molecular complexity index is 780. The van der Waals surface area contributed by atoms with Gasteiger partial charge in [-0.05, 0) is 29.8 Å². The average Bonchev–Trinajstić information content (AvgIpc) is 3.08. The topological polar surface area (TPSA) is 77.0 Å². The maximum atomic E-state index is 14.7. The number of hydrogen-bond donors (Lipinski definition) is 2. The molecule has 8 heteroatoms. The number of carboxylic acid groups (broad SMARTS) is 1. The number of hydrogen-bond acceptors (Lipinski definition) is 4. The number of nitrogens with one attached hydrogen (secondary N) is 1. The molecule has 3 rings (SSSR count). The lowest BCUT2D eigenvalue weighted by Crippen LogP contribution is -2.08. The predicted octanol–water partition coefficient (Wildman–Crippen LogP) is 4.30. The summed E-state index contributed by atoms with van der Waals surface area (Å²) in [6.07, 6.45) is -1.92. The first-order valence-corrected chi connectivity index (χ1v) is 8.26. The molecule has 0 atom stereocenters. The first kappa shape index (κ1) is 17.7. The van der Waals surface area contributed by atoms with Crippen molar-refractivity contribution >= 4 is 27.7 Å². The molecule has 2 aromatic carbocycles. The summed E-state index contributed by atoms with van der Waals surface area (Å²) in [7, 11) is 0. The van der Waals surface area contributed by atoms with Gasteiger partial charge in [0, 0.05) is 10.2 Å². The van der Waals surface area contributed by atoms with Crippen LogP contribution in [0.1, 0.15) is 17.4 Å². The SMILES string of the molecule is O=C(O)Nc1cccc(COc2ccc(Br)c(C3OCCO3)c2F)c1. The van der Waals surface area contributed by atoms with E-state index in [1.807, 2.05) is 0 Å². The Balaban J connectivity index is 1.75. The molecule has 0 bridgehead atoms. The van der Waals surface area contributed by atoms with Crippen molar-refractivity contribution in [2.24, 2.45) is 0 Å². The Labute approximate surface area is 151 Å². The maximum absolute atomic E-state index is 14.7. The van der Waals surface area contributed by atoms with E-state index in [0.29, 0.717) is 28.9 Å². The van der Waals surface area contributed by atoms with Crippen LogP contribution in [0.5, 0.6) is 5.75 Å². The molecular formula is C17H15BrFNO5. The Morgan fingerprint density at radius 2 is 2.08 bits per heavy atom. The number of anilines is 1. The van der Waals surface area contributed by atoms with E-state index < -0.39 is 18.2 Å². The molecule has 25 heavy (non-hydrogen) atoms. The molecule has 1 amide bonds. The third kappa shape index (κ3) is 4.28. The molecule has 0 saturated carbocycles. The summed E-state index contributed by atoms with van der Waals surface area (Å²) >= 11 is 3.30. The maximum Gasteiger partial charge on any atom is 0.409 e. The van der Waals surface area contributed by atoms with Crippen molar-refractivity contribution in [2.45, 2.75) is 12.9 Å². The van der Waals surface area contributed by atoms with Crippen LogP contribution in [0.25, 0.3) is 0 Å². The lowest BCUT2D eigenvalue weighted by atomic mass is 10.2. The zero-order valence-corrected chi connectivity index (χ0v) is 14.6. The normalized spacial score (nSPS) is 14.5. The molecule has 132 valence electrons. The van der Waals surface area contributed by atoms with Gasteiger partial charge < -0.3 is 19.3 Å². The average molecular weight is 412 g/mol. The Morgan fingerprint density at radius 1 is 1.32 bits per heavy atom. The highest BCUT2D eigenvalue weighted by molar-refractivity contribution is 9.10. The van der Waals surface area contributed by atoms with Crippen LogP contribution in [-0.4, -0.2) is 24.4 Å². The zero-order valence-electron chi connectivity index (χ0n) is 13.0. The van der Waals surface area contributed by atoms with Crippen LogP contribution >= 0.6 is 15.9 Å². The molecule has 1 saturated heterocycles. The quantitative estimate of drug-likeness (QED) is 0.766. The molecule has 2 aromatic rings. The molecule has 0 aromatic heterocycles. The monoisotopic (exact) mass is 411 g/mol. The summed E-state index contributed by atoms with van der Waals surface area (Å²) in [5, 5.41) is 11.0. The van der Waals surface area contributed by atoms with Crippen molar-refractivity contribution in [1.29, 1.82) is 0 Å². The minimum absolute atomic E-state index is 0.0638. The van der Waals surface area contributed by atoms with Crippen LogP contribution in [0.4, 0.5) is 14.9 Å². The molecule has 1 aliphatic rings. The summed E-state index contributed by atoms with van der Waals surface area (Å²) in [6, 6.07) is 9.86. The van der Waals surface area contributed by atoms with E-state index in [1.165, 1.54) is 6.07 Å². The zero-order chi connectivity index (χ0) is 17.8. The second kappa shape index (κ2) is 7.81. The highest BCUT2D eigenvalue weighted by Gasteiger charge is 2.26. The van der Waals surface area contributed by atoms with Gasteiger partial charge in [0.25, 0.3) is 0 Å². The third-order valence-electron chi connectivity index (χ3n) is 3.52. The van der Waals surface area contributed by atoms with Gasteiger partial charge in [-0.25, -0.2) is 9.18 Å². The largest absolute Gasteiger partial charge is 0.486 e. The number of amides is 1. The van der Waals surface area contributed by atoms with Gasteiger partial charge in [0.2, 0.25) is 0 Å². The fraction of sp³-hybridized carbons (Fsp3) is 0.235. The Kier molecular flexibility index (Phi) is 5.52. The van der Waals surface area contributed by atoms with Gasteiger partial charge in [0.1, 0.15) is 6.61 Å². The van der Waals surface area contributed by atoms with Crippen molar-refractivity contribution in [3.05, 3.63) is 57.8 Å². The predicted molar refractivity (Wildman–Crippen MR) is 91.2 cm³/mol. The van der Waals surface area contributed by atoms with E-state index in [9.17, 15) is 9.18 Å². The number of benzene rings is 2. The second-order valence-electron chi connectivity index (χ2n) is 5.27. The minimum Gasteiger partial charge on any atom is -0.486 e.